The molecule has 0 N–H and O–H groups in total. The first-order valence-corrected chi connectivity index (χ1v) is 0. The Labute approximate surface area is 146 Å². The normalized spacial score (nSPS) is 0. The first-order chi connectivity index (χ1) is 0. The van der Waals surface area contributed by atoms with Crippen LogP contribution in [0.2, 0.25) is 0 Å². The summed E-state index contributed by atoms with van der Waals surface area (Å²) in [6.45, 7) is 0. The minimum atomic E-state index is 0. The fourth-order valence-corrected chi connectivity index (χ4v) is 0. The van der Waals surface area contributed by atoms with Gasteiger partial charge in [-0.15, -0.1) is 24.0 Å². The predicted molar refractivity (Wildman–Crippen MR) is 21.2 cm³/mol. The van der Waals surface area contributed by atoms with Crippen molar-refractivity contribution >= 4 is 61.7 Å². The molecular weight excluding hydrogens is 466 g/mol. The maximum absolute atomic E-state index is 0. The maximum Gasteiger partial charge on any atom is 0 e. The molecule has 0 fully saturated rings. The Hall–Kier alpha value is 4.68. The Morgan fingerprint density at radius 1 is 1.00 bits per heavy atom. The molecule has 0 aliphatic heterocycles. The van der Waals surface area contributed by atoms with Gasteiger partial charge in [0.05, 0.1) is 0 Å². The number of hydrogen-bond acceptors (Lipinski definition) is 0. The van der Waals surface area contributed by atoms with E-state index >= 15 is 0 Å². The molecule has 0 heterocycles. The average molecular weight is 467 g/mol. The number of halogens is 1. The van der Waals surface area contributed by atoms with Crippen LogP contribution in [0.15, 0.2) is 0 Å². The third kappa shape index (κ3) is 36.7. The molecule has 0 spiro atoms. The van der Waals surface area contributed by atoms with Gasteiger partial charge in [-0.05, 0) is 0 Å². The van der Waals surface area contributed by atoms with Crippen molar-refractivity contribution in [1.82, 2.24) is 0 Å². The van der Waals surface area contributed by atoms with Crippen LogP contribution in [-0.4, -0.2) is 37.7 Å². The van der Waals surface area contributed by atoms with E-state index < -0.39 is 0 Å². The minimum absolute atomic E-state index is 0. The topological polar surface area (TPSA) is 0 Å². The molecule has 0 aliphatic rings. The third-order valence-electron chi connectivity index (χ3n) is 0. The molecule has 7 heavy (non-hydrogen) atoms. The summed E-state index contributed by atoms with van der Waals surface area (Å²) in [7, 11) is 0. The van der Waals surface area contributed by atoms with E-state index in [0.717, 1.165) is 0 Å². The Bertz CT molecular complexity index is 19.7. The summed E-state index contributed by atoms with van der Waals surface area (Å²) in [5.41, 5.74) is 0. The second kappa shape index (κ2) is 45.7. The monoisotopic (exact) mass is 465 g/mol. The van der Waals surface area contributed by atoms with Crippen LogP contribution in [-0.2, 0) is 87.5 Å². The molecule has 5 radical (unpaired) electrons. The van der Waals surface area contributed by atoms with Gasteiger partial charge in [-0.3, -0.25) is 0 Å². The molecule has 0 rings (SSSR count). The smallest absolute Gasteiger partial charge is 0 e. The van der Waals surface area contributed by atoms with E-state index in [4.69, 9.17) is 0 Å². The van der Waals surface area contributed by atoms with E-state index in [0.29, 0.717) is 0 Å². The van der Waals surface area contributed by atoms with Crippen LogP contribution in [0.5, 0.6) is 0 Å². The van der Waals surface area contributed by atoms with E-state index in [1.54, 1.807) is 0 Å². The molecule has 0 aliphatic carbocycles. The van der Waals surface area contributed by atoms with Gasteiger partial charge < -0.3 is 0 Å². The molecule has 0 amide bonds. The van der Waals surface area contributed by atoms with E-state index in [1.165, 1.54) is 0 Å². The molecule has 0 aromatic carbocycles. The maximum atomic E-state index is 0. The molecular formula is HCaCoCuFeIMnZn. The fourth-order valence-electron chi connectivity index (χ4n) is 0. The van der Waals surface area contributed by atoms with Crippen molar-refractivity contribution < 1.29 is 87.5 Å². The SMILES string of the molecule is I.[Ca].[Co].[Cu].[Fe].[Mn].[Zn]. The first kappa shape index (κ1) is 60.8. The van der Waals surface area contributed by atoms with Gasteiger partial charge in [-0.2, -0.15) is 0 Å². The van der Waals surface area contributed by atoms with E-state index in [-0.39, 0.29) is 149 Å². The Balaban J connectivity index is 0. The standard InChI is InChI=1S/Ca.Co.Cu.Fe.HI.Mn.Zn/h;;;;1H;;. The van der Waals surface area contributed by atoms with Crippen molar-refractivity contribution in [3.8, 4) is 0 Å². The molecule has 0 atom stereocenters. The molecule has 0 bridgehead atoms. The Morgan fingerprint density at radius 3 is 1.00 bits per heavy atom. The Kier molecular flexibility index (Phi) is 397. The van der Waals surface area contributed by atoms with Crippen LogP contribution in [0.3, 0.4) is 0 Å². The van der Waals surface area contributed by atoms with E-state index in [1.807, 2.05) is 0 Å². The van der Waals surface area contributed by atoms with Crippen molar-refractivity contribution in [2.45, 2.75) is 0 Å². The van der Waals surface area contributed by atoms with Crippen LogP contribution in [0.1, 0.15) is 0 Å². The zero-order valence-corrected chi connectivity index (χ0v) is 15.0. The van der Waals surface area contributed by atoms with Crippen LogP contribution in [0.25, 0.3) is 0 Å². The minimum Gasteiger partial charge on any atom is -0.107 e. The molecule has 0 aromatic rings. The second-order valence-corrected chi connectivity index (χ2v) is 0. The van der Waals surface area contributed by atoms with Gasteiger partial charge in [-0.25, -0.2) is 0 Å². The largest absolute Gasteiger partial charge is 0.107 e. The second-order valence-electron chi connectivity index (χ2n) is 0. The third-order valence-corrected chi connectivity index (χ3v) is 0. The van der Waals surface area contributed by atoms with Crippen molar-refractivity contribution in [2.24, 2.45) is 0 Å². The molecule has 0 aromatic heterocycles. The predicted octanol–water partition coefficient (Wildman–Crippen LogP) is 0.225. The Morgan fingerprint density at radius 2 is 1.00 bits per heavy atom. The quantitative estimate of drug-likeness (QED) is 0.354. The number of rotatable bonds is 0. The van der Waals surface area contributed by atoms with Crippen LogP contribution >= 0.6 is 24.0 Å². The summed E-state index contributed by atoms with van der Waals surface area (Å²) >= 11 is 0. The molecule has 0 nitrogen and oxygen atoms in total. The average Bonchev–Trinajstić information content (AvgIpc) is 0. The van der Waals surface area contributed by atoms with E-state index in [2.05, 4.69) is 0 Å². The zero-order chi connectivity index (χ0) is 0. The van der Waals surface area contributed by atoms with E-state index in [9.17, 15) is 0 Å². The summed E-state index contributed by atoms with van der Waals surface area (Å²) in [6, 6.07) is 0. The summed E-state index contributed by atoms with van der Waals surface area (Å²) in [5, 5.41) is 0. The summed E-state index contributed by atoms with van der Waals surface area (Å²) in [5.74, 6) is 0. The molecule has 0 saturated carbocycles. The van der Waals surface area contributed by atoms with Crippen molar-refractivity contribution in [1.29, 1.82) is 0 Å². The molecule has 47 valence electrons. The van der Waals surface area contributed by atoms with Gasteiger partial charge in [0, 0.05) is 125 Å². The molecule has 0 saturated heterocycles. The van der Waals surface area contributed by atoms with Crippen LogP contribution in [0, 0.1) is 0 Å². The van der Waals surface area contributed by atoms with Gasteiger partial charge in [0.15, 0.2) is 0 Å². The van der Waals surface area contributed by atoms with Crippen molar-refractivity contribution in [3.63, 3.8) is 0 Å². The van der Waals surface area contributed by atoms with Gasteiger partial charge in [0.25, 0.3) is 0 Å². The summed E-state index contributed by atoms with van der Waals surface area (Å²) in [6.07, 6.45) is 0. The zero-order valence-electron chi connectivity index (χ0n) is 3.19. The van der Waals surface area contributed by atoms with Gasteiger partial charge >= 0.3 is 0 Å². The fraction of sp³-hybridized carbons (Fsp3) is 0. The number of hydrogen-bond donors (Lipinski definition) is 0. The first-order valence-electron chi connectivity index (χ1n) is 0. The van der Waals surface area contributed by atoms with Gasteiger partial charge in [-0.1, -0.05) is 0 Å². The van der Waals surface area contributed by atoms with Crippen molar-refractivity contribution in [2.75, 3.05) is 0 Å². The van der Waals surface area contributed by atoms with Crippen LogP contribution < -0.4 is 0 Å². The van der Waals surface area contributed by atoms with Crippen LogP contribution in [0.4, 0.5) is 0 Å². The van der Waals surface area contributed by atoms with Gasteiger partial charge in [0.1, 0.15) is 0 Å². The van der Waals surface area contributed by atoms with Crippen molar-refractivity contribution in [3.05, 3.63) is 0 Å². The molecule has 7 heteroatoms. The molecule has 0 unspecified atom stereocenters. The summed E-state index contributed by atoms with van der Waals surface area (Å²) in [4.78, 5) is 0. The van der Waals surface area contributed by atoms with Gasteiger partial charge in [0.2, 0.25) is 0 Å². The summed E-state index contributed by atoms with van der Waals surface area (Å²) < 4.78 is 0.